The van der Waals surface area contributed by atoms with Gasteiger partial charge in [0.15, 0.2) is 12.2 Å². The fourth-order valence-electron chi connectivity index (χ4n) is 2.78. The first-order chi connectivity index (χ1) is 13.2. The molecular weight excluding hydrogens is 372 g/mol. The Morgan fingerprint density at radius 3 is 1.46 bits per heavy atom. The van der Waals surface area contributed by atoms with Gasteiger partial charge >= 0.3 is 11.9 Å². The van der Waals surface area contributed by atoms with Crippen LogP contribution in [-0.4, -0.2) is 74.5 Å². The molecular formula is C18H28N2O8. The third kappa shape index (κ3) is 5.90. The van der Waals surface area contributed by atoms with E-state index in [-0.39, 0.29) is 50.0 Å². The summed E-state index contributed by atoms with van der Waals surface area (Å²) >= 11 is 0. The van der Waals surface area contributed by atoms with E-state index in [2.05, 4.69) is 10.6 Å². The van der Waals surface area contributed by atoms with Gasteiger partial charge in [0.25, 0.3) is 0 Å². The highest BCUT2D eigenvalue weighted by Crippen LogP contribution is 2.30. The van der Waals surface area contributed by atoms with Gasteiger partial charge in [-0.25, -0.2) is 0 Å². The van der Waals surface area contributed by atoms with E-state index in [1.165, 1.54) is 0 Å². The molecule has 28 heavy (non-hydrogen) atoms. The smallest absolute Gasteiger partial charge is 0.325 e. The van der Waals surface area contributed by atoms with Crippen LogP contribution in [0.2, 0.25) is 0 Å². The molecule has 2 rings (SSSR count). The summed E-state index contributed by atoms with van der Waals surface area (Å²) in [7, 11) is 0. The zero-order chi connectivity index (χ0) is 20.8. The van der Waals surface area contributed by atoms with Crippen LogP contribution in [-0.2, 0) is 38.1 Å². The first-order valence-electron chi connectivity index (χ1n) is 9.36. The lowest BCUT2D eigenvalue weighted by Crippen LogP contribution is -2.40. The maximum absolute atomic E-state index is 11.9. The molecule has 4 atom stereocenters. The number of nitrogens with one attached hydrogen (secondary N) is 2. The molecule has 0 spiro atoms. The molecule has 0 radical (unpaired) electrons. The molecule has 2 fully saturated rings. The minimum Gasteiger partial charge on any atom is -0.456 e. The van der Waals surface area contributed by atoms with Crippen LogP contribution in [0.4, 0.5) is 0 Å². The van der Waals surface area contributed by atoms with Crippen LogP contribution in [0.3, 0.4) is 0 Å². The van der Waals surface area contributed by atoms with Gasteiger partial charge in [0, 0.05) is 11.8 Å². The van der Waals surface area contributed by atoms with Gasteiger partial charge in [0.05, 0.1) is 13.2 Å². The maximum Gasteiger partial charge on any atom is 0.325 e. The highest BCUT2D eigenvalue weighted by atomic mass is 16.7. The van der Waals surface area contributed by atoms with E-state index in [1.54, 1.807) is 27.7 Å². The van der Waals surface area contributed by atoms with Gasteiger partial charge in [-0.05, 0) is 0 Å². The zero-order valence-electron chi connectivity index (χ0n) is 16.6. The Kier molecular flexibility index (Phi) is 7.76. The minimum atomic E-state index is -0.641. The molecule has 0 aromatic rings. The zero-order valence-corrected chi connectivity index (χ0v) is 16.6. The summed E-state index contributed by atoms with van der Waals surface area (Å²) in [6.45, 7) is 6.62. The average Bonchev–Trinajstić information content (AvgIpc) is 3.21. The van der Waals surface area contributed by atoms with E-state index < -0.39 is 36.4 Å². The SMILES string of the molecule is CC(C)C(=O)NCC(=O)O[C@H]1CO[C@H]2[C@@H]1OC[C@H]2OC(=O)CNC(=O)C(C)C. The molecule has 10 nitrogen and oxygen atoms in total. The van der Waals surface area contributed by atoms with Crippen molar-refractivity contribution in [1.82, 2.24) is 10.6 Å². The highest BCUT2D eigenvalue weighted by Gasteiger charge is 2.51. The molecule has 2 amide bonds. The van der Waals surface area contributed by atoms with Crippen molar-refractivity contribution in [3.05, 3.63) is 0 Å². The lowest BCUT2D eigenvalue weighted by molar-refractivity contribution is -0.155. The van der Waals surface area contributed by atoms with Crippen molar-refractivity contribution in [2.45, 2.75) is 52.1 Å². The van der Waals surface area contributed by atoms with Crippen molar-refractivity contribution in [2.24, 2.45) is 11.8 Å². The van der Waals surface area contributed by atoms with Crippen LogP contribution in [0.1, 0.15) is 27.7 Å². The van der Waals surface area contributed by atoms with Crippen LogP contribution in [0, 0.1) is 11.8 Å². The lowest BCUT2D eigenvalue weighted by atomic mass is 10.1. The first-order valence-corrected chi connectivity index (χ1v) is 9.36. The molecule has 0 saturated carbocycles. The monoisotopic (exact) mass is 400 g/mol. The lowest BCUT2D eigenvalue weighted by Gasteiger charge is -2.17. The maximum atomic E-state index is 11.9. The molecule has 0 aromatic heterocycles. The van der Waals surface area contributed by atoms with Crippen molar-refractivity contribution in [3.63, 3.8) is 0 Å². The predicted octanol–water partition coefficient (Wildman–Crippen LogP) is -0.848. The van der Waals surface area contributed by atoms with Crippen LogP contribution >= 0.6 is 0 Å². The summed E-state index contributed by atoms with van der Waals surface area (Å²) in [6.07, 6.45) is -2.38. The number of fused-ring (bicyclic) bond motifs is 1. The van der Waals surface area contributed by atoms with Crippen LogP contribution in [0.25, 0.3) is 0 Å². The van der Waals surface area contributed by atoms with Gasteiger partial charge in [0.2, 0.25) is 11.8 Å². The fraction of sp³-hybridized carbons (Fsp3) is 0.778. The second-order valence-electron chi connectivity index (χ2n) is 7.40. The van der Waals surface area contributed by atoms with Crippen molar-refractivity contribution >= 4 is 23.8 Å². The fourth-order valence-corrected chi connectivity index (χ4v) is 2.78. The van der Waals surface area contributed by atoms with Gasteiger partial charge < -0.3 is 29.6 Å². The third-order valence-electron chi connectivity index (χ3n) is 4.39. The Hall–Kier alpha value is -2.20. The van der Waals surface area contributed by atoms with Gasteiger partial charge in [-0.1, -0.05) is 27.7 Å². The van der Waals surface area contributed by atoms with Crippen LogP contribution in [0.15, 0.2) is 0 Å². The van der Waals surface area contributed by atoms with E-state index in [0.717, 1.165) is 0 Å². The Morgan fingerprint density at radius 2 is 1.14 bits per heavy atom. The largest absolute Gasteiger partial charge is 0.456 e. The summed E-state index contributed by atoms with van der Waals surface area (Å²) in [5.41, 5.74) is 0. The predicted molar refractivity (Wildman–Crippen MR) is 94.9 cm³/mol. The third-order valence-corrected chi connectivity index (χ3v) is 4.39. The number of carbonyl (C=O) groups excluding carboxylic acids is 4. The van der Waals surface area contributed by atoms with Crippen LogP contribution < -0.4 is 10.6 Å². The van der Waals surface area contributed by atoms with Crippen molar-refractivity contribution < 1.29 is 38.1 Å². The van der Waals surface area contributed by atoms with E-state index in [1.807, 2.05) is 0 Å². The molecule has 2 aliphatic rings. The van der Waals surface area contributed by atoms with E-state index in [0.29, 0.717) is 0 Å². The summed E-state index contributed by atoms with van der Waals surface area (Å²) in [5.74, 6) is -2.14. The standard InChI is InChI=1S/C18H28N2O8/c1-9(2)17(23)19-5-13(21)27-11-7-25-16-12(8-26-15(11)16)28-14(22)6-20-18(24)10(3)4/h9-12,15-16H,5-8H2,1-4H3,(H,19,23)(H,20,24)/t11-,12+,15-,16-/m1/s1. The van der Waals surface area contributed by atoms with Crippen LogP contribution in [0.5, 0.6) is 0 Å². The summed E-state index contributed by atoms with van der Waals surface area (Å²) in [6, 6.07) is 0. The number of carbonyl (C=O) groups is 4. The molecule has 158 valence electrons. The number of hydrogen-bond donors (Lipinski definition) is 2. The average molecular weight is 400 g/mol. The van der Waals surface area contributed by atoms with Crippen molar-refractivity contribution in [3.8, 4) is 0 Å². The second kappa shape index (κ2) is 9.83. The first kappa shape index (κ1) is 22.1. The summed E-state index contributed by atoms with van der Waals surface area (Å²) in [4.78, 5) is 46.8. The Morgan fingerprint density at radius 1 is 0.786 bits per heavy atom. The quantitative estimate of drug-likeness (QED) is 0.504. The number of hydrogen-bond acceptors (Lipinski definition) is 8. The second-order valence-corrected chi connectivity index (χ2v) is 7.40. The molecule has 0 aromatic carbocycles. The Bertz CT molecular complexity index is 554. The van der Waals surface area contributed by atoms with E-state index >= 15 is 0 Å². The molecule has 0 aliphatic carbocycles. The number of ether oxygens (including phenoxy) is 4. The summed E-state index contributed by atoms with van der Waals surface area (Å²) in [5, 5.41) is 4.96. The van der Waals surface area contributed by atoms with E-state index in [4.69, 9.17) is 18.9 Å². The molecule has 2 saturated heterocycles. The molecule has 0 bridgehead atoms. The molecule has 0 unspecified atom stereocenters. The molecule has 2 heterocycles. The molecule has 2 N–H and O–H groups in total. The summed E-state index contributed by atoms with van der Waals surface area (Å²) < 4.78 is 21.8. The number of esters is 2. The molecule has 10 heteroatoms. The Labute approximate surface area is 163 Å². The molecule has 2 aliphatic heterocycles. The minimum absolute atomic E-state index is 0.108. The van der Waals surface area contributed by atoms with Gasteiger partial charge in [-0.15, -0.1) is 0 Å². The highest BCUT2D eigenvalue weighted by molar-refractivity contribution is 5.83. The number of rotatable bonds is 8. The van der Waals surface area contributed by atoms with Gasteiger partial charge in [0.1, 0.15) is 25.3 Å². The van der Waals surface area contributed by atoms with Crippen molar-refractivity contribution in [1.29, 1.82) is 0 Å². The normalized spacial score (nSPS) is 26.1. The number of amides is 2. The van der Waals surface area contributed by atoms with Crippen molar-refractivity contribution in [2.75, 3.05) is 26.3 Å². The van der Waals surface area contributed by atoms with Gasteiger partial charge in [-0.2, -0.15) is 0 Å². The topological polar surface area (TPSA) is 129 Å². The van der Waals surface area contributed by atoms with Gasteiger partial charge in [-0.3, -0.25) is 19.2 Å². The Balaban J connectivity index is 1.75. The van der Waals surface area contributed by atoms with E-state index in [9.17, 15) is 19.2 Å².